The number of hydrogen-bond donors (Lipinski definition) is 0. The molecule has 1 aromatic heterocycles. The molecule has 68 valence electrons. The summed E-state index contributed by atoms with van der Waals surface area (Å²) in [5, 5.41) is 7.96. The van der Waals surface area contributed by atoms with E-state index in [1.165, 1.54) is 0 Å². The Morgan fingerprint density at radius 3 is 2.92 bits per heavy atom. The number of aromatic nitrogens is 3. The van der Waals surface area contributed by atoms with Gasteiger partial charge in [0.25, 0.3) is 0 Å². The molecule has 0 unspecified atom stereocenters. The minimum atomic E-state index is 0.737. The molecule has 0 spiro atoms. The van der Waals surface area contributed by atoms with Crippen LogP contribution in [0.4, 0.5) is 0 Å². The van der Waals surface area contributed by atoms with Crippen molar-refractivity contribution < 1.29 is 0 Å². The van der Waals surface area contributed by atoms with E-state index < -0.39 is 0 Å². The third-order valence-corrected chi connectivity index (χ3v) is 2.49. The highest BCUT2D eigenvalue weighted by Crippen LogP contribution is 2.02. The molecule has 0 fully saturated rings. The van der Waals surface area contributed by atoms with Gasteiger partial charge in [-0.1, -0.05) is 27.8 Å². The number of unbranched alkanes of at least 4 members (excludes halogenated alkanes) is 1. The summed E-state index contributed by atoms with van der Waals surface area (Å²) in [6.07, 6.45) is 5.13. The lowest BCUT2D eigenvalue weighted by atomic mass is 10.2. The standard InChI is InChI=1S/C7H11ClIN3/c8-4-2-1-3-7-5-12(6-9)11-10-7/h5H,1-4,6H2. The molecular formula is C7H11ClIN3. The van der Waals surface area contributed by atoms with Crippen LogP contribution in [0, 0.1) is 0 Å². The van der Waals surface area contributed by atoms with E-state index in [0.717, 1.165) is 35.4 Å². The molecule has 3 nitrogen and oxygen atoms in total. The summed E-state index contributed by atoms with van der Waals surface area (Å²) in [6.45, 7) is 0. The third-order valence-electron chi connectivity index (χ3n) is 1.53. The maximum absolute atomic E-state index is 5.56. The normalized spacial score (nSPS) is 10.5. The number of aryl methyl sites for hydroxylation is 1. The van der Waals surface area contributed by atoms with E-state index in [1.54, 1.807) is 0 Å². The summed E-state index contributed by atoms with van der Waals surface area (Å²) >= 11 is 7.81. The second-order valence-corrected chi connectivity index (χ2v) is 3.58. The topological polar surface area (TPSA) is 30.7 Å². The quantitative estimate of drug-likeness (QED) is 0.474. The van der Waals surface area contributed by atoms with Gasteiger partial charge < -0.3 is 0 Å². The number of alkyl halides is 2. The first-order valence-corrected chi connectivity index (χ1v) is 5.93. The SMILES string of the molecule is ClCCCCc1cn(CI)nn1. The summed E-state index contributed by atoms with van der Waals surface area (Å²) in [4.78, 5) is 0. The molecule has 1 aromatic rings. The van der Waals surface area contributed by atoms with Crippen molar-refractivity contribution in [2.75, 3.05) is 5.88 Å². The molecular weight excluding hydrogens is 288 g/mol. The van der Waals surface area contributed by atoms with Crippen LogP contribution in [0.25, 0.3) is 0 Å². The highest BCUT2D eigenvalue weighted by atomic mass is 127. The van der Waals surface area contributed by atoms with Crippen molar-refractivity contribution in [3.05, 3.63) is 11.9 Å². The van der Waals surface area contributed by atoms with Crippen molar-refractivity contribution in [1.29, 1.82) is 0 Å². The van der Waals surface area contributed by atoms with E-state index in [2.05, 4.69) is 32.9 Å². The maximum Gasteiger partial charge on any atom is 0.0941 e. The van der Waals surface area contributed by atoms with E-state index in [9.17, 15) is 0 Å². The molecule has 1 rings (SSSR count). The molecule has 12 heavy (non-hydrogen) atoms. The van der Waals surface area contributed by atoms with Crippen molar-refractivity contribution >= 4 is 34.2 Å². The van der Waals surface area contributed by atoms with Crippen LogP contribution in [0.5, 0.6) is 0 Å². The van der Waals surface area contributed by atoms with Crippen LogP contribution < -0.4 is 0 Å². The Hall–Kier alpha value is 0.160. The summed E-state index contributed by atoms with van der Waals surface area (Å²) in [5.41, 5.74) is 1.07. The summed E-state index contributed by atoms with van der Waals surface area (Å²) in [6, 6.07) is 0. The molecule has 0 bridgehead atoms. The lowest BCUT2D eigenvalue weighted by Gasteiger charge is -1.91. The van der Waals surface area contributed by atoms with Crippen LogP contribution in [-0.4, -0.2) is 20.9 Å². The maximum atomic E-state index is 5.56. The van der Waals surface area contributed by atoms with E-state index in [4.69, 9.17) is 11.6 Å². The van der Waals surface area contributed by atoms with Crippen LogP contribution >= 0.6 is 34.2 Å². The van der Waals surface area contributed by atoms with Crippen molar-refractivity contribution in [2.24, 2.45) is 0 Å². The highest BCUT2D eigenvalue weighted by Gasteiger charge is 1.98. The van der Waals surface area contributed by atoms with Gasteiger partial charge in [-0.3, -0.25) is 0 Å². The Labute approximate surface area is 90.6 Å². The second-order valence-electron chi connectivity index (χ2n) is 2.51. The largest absolute Gasteiger partial charge is 0.242 e. The molecule has 0 amide bonds. The van der Waals surface area contributed by atoms with Gasteiger partial charge in [-0.05, 0) is 19.3 Å². The molecule has 0 aliphatic heterocycles. The third kappa shape index (κ3) is 3.26. The predicted molar refractivity (Wildman–Crippen MR) is 57.7 cm³/mol. The molecule has 0 saturated carbocycles. The lowest BCUT2D eigenvalue weighted by Crippen LogP contribution is -1.90. The van der Waals surface area contributed by atoms with Gasteiger partial charge in [0.2, 0.25) is 0 Å². The zero-order valence-electron chi connectivity index (χ0n) is 6.71. The van der Waals surface area contributed by atoms with Gasteiger partial charge >= 0.3 is 0 Å². The first-order chi connectivity index (χ1) is 5.86. The number of halogens is 2. The van der Waals surface area contributed by atoms with E-state index >= 15 is 0 Å². The average molecular weight is 300 g/mol. The molecule has 0 atom stereocenters. The van der Waals surface area contributed by atoms with Crippen molar-refractivity contribution in [3.63, 3.8) is 0 Å². The predicted octanol–water partition coefficient (Wildman–Crippen LogP) is 2.23. The van der Waals surface area contributed by atoms with Gasteiger partial charge in [0.05, 0.1) is 10.2 Å². The molecule has 0 radical (unpaired) electrons. The van der Waals surface area contributed by atoms with Crippen LogP contribution in [0.2, 0.25) is 0 Å². The van der Waals surface area contributed by atoms with Gasteiger partial charge in [0, 0.05) is 12.1 Å². The number of nitrogens with zero attached hydrogens (tertiary/aromatic N) is 3. The summed E-state index contributed by atoms with van der Waals surface area (Å²) in [5.74, 6) is 0.737. The van der Waals surface area contributed by atoms with Gasteiger partial charge in [-0.2, -0.15) is 0 Å². The average Bonchev–Trinajstić information content (AvgIpc) is 2.53. The Bertz CT molecular complexity index is 226. The molecule has 0 aliphatic carbocycles. The monoisotopic (exact) mass is 299 g/mol. The first kappa shape index (κ1) is 10.2. The lowest BCUT2D eigenvalue weighted by molar-refractivity contribution is 0.711. The minimum absolute atomic E-state index is 0.737. The smallest absolute Gasteiger partial charge is 0.0941 e. The fourth-order valence-corrected chi connectivity index (χ4v) is 1.43. The molecule has 0 aliphatic rings. The van der Waals surface area contributed by atoms with Gasteiger partial charge in [-0.25, -0.2) is 4.68 Å². The molecule has 0 aromatic carbocycles. The fraction of sp³-hybridized carbons (Fsp3) is 0.714. The summed E-state index contributed by atoms with van der Waals surface area (Å²) < 4.78 is 2.69. The Kier molecular flexibility index (Phi) is 4.90. The molecule has 0 N–H and O–H groups in total. The van der Waals surface area contributed by atoms with E-state index in [1.807, 2.05) is 10.9 Å². The van der Waals surface area contributed by atoms with Crippen LogP contribution in [0.3, 0.4) is 0 Å². The van der Waals surface area contributed by atoms with Gasteiger partial charge in [0.15, 0.2) is 0 Å². The Morgan fingerprint density at radius 2 is 2.33 bits per heavy atom. The summed E-state index contributed by atoms with van der Waals surface area (Å²) in [7, 11) is 0. The zero-order valence-corrected chi connectivity index (χ0v) is 9.62. The van der Waals surface area contributed by atoms with Crippen molar-refractivity contribution in [2.45, 2.75) is 23.8 Å². The van der Waals surface area contributed by atoms with Crippen LogP contribution in [0.15, 0.2) is 6.20 Å². The van der Waals surface area contributed by atoms with Crippen molar-refractivity contribution in [3.8, 4) is 0 Å². The zero-order chi connectivity index (χ0) is 8.81. The van der Waals surface area contributed by atoms with Crippen molar-refractivity contribution in [1.82, 2.24) is 15.0 Å². The fourth-order valence-electron chi connectivity index (χ4n) is 0.912. The van der Waals surface area contributed by atoms with Crippen LogP contribution in [0.1, 0.15) is 18.5 Å². The Balaban J connectivity index is 2.31. The number of hydrogen-bond acceptors (Lipinski definition) is 2. The van der Waals surface area contributed by atoms with Gasteiger partial charge in [0.1, 0.15) is 0 Å². The van der Waals surface area contributed by atoms with Gasteiger partial charge in [-0.15, -0.1) is 16.7 Å². The highest BCUT2D eigenvalue weighted by molar-refractivity contribution is 14.1. The van der Waals surface area contributed by atoms with E-state index in [-0.39, 0.29) is 0 Å². The second kappa shape index (κ2) is 5.75. The first-order valence-electron chi connectivity index (χ1n) is 3.87. The molecule has 5 heteroatoms. The van der Waals surface area contributed by atoms with Crippen LogP contribution in [-0.2, 0) is 11.0 Å². The Morgan fingerprint density at radius 1 is 1.50 bits per heavy atom. The molecule has 0 saturated heterocycles. The number of rotatable bonds is 5. The van der Waals surface area contributed by atoms with E-state index in [0.29, 0.717) is 0 Å². The molecule has 1 heterocycles. The minimum Gasteiger partial charge on any atom is -0.242 e.